The zero-order chi connectivity index (χ0) is 16.5. The molecule has 0 unspecified atom stereocenters. The smallest absolute Gasteiger partial charge is 0.272 e. The Bertz CT molecular complexity index is 749. The number of hydrogen-bond acceptors (Lipinski definition) is 4. The number of ether oxygens (including phenoxy) is 1. The Balaban J connectivity index is 1.65. The van der Waals surface area contributed by atoms with Gasteiger partial charge in [-0.05, 0) is 42.7 Å². The van der Waals surface area contributed by atoms with E-state index in [-0.39, 0.29) is 11.9 Å². The number of nitrogens with zero attached hydrogens (tertiary/aromatic N) is 2. The quantitative estimate of drug-likeness (QED) is 0.800. The van der Waals surface area contributed by atoms with Crippen LogP contribution in [-0.4, -0.2) is 29.3 Å². The second-order valence-corrected chi connectivity index (χ2v) is 6.89. The van der Waals surface area contributed by atoms with Crippen molar-refractivity contribution in [1.29, 1.82) is 0 Å². The van der Waals surface area contributed by atoms with Gasteiger partial charge in [0.2, 0.25) is 0 Å². The summed E-state index contributed by atoms with van der Waals surface area (Å²) in [4.78, 5) is 12.8. The molecule has 2 atom stereocenters. The highest BCUT2D eigenvalue weighted by atomic mass is 79.9. The van der Waals surface area contributed by atoms with Gasteiger partial charge in [0.05, 0.1) is 12.0 Å². The SMILES string of the molecule is O=C([C@@H]1CCCO1)N1N=C(c2ccc(Br)cc2)C[C@@H]1c1ccco1. The van der Waals surface area contributed by atoms with Crippen molar-refractivity contribution in [3.05, 3.63) is 58.5 Å². The Labute approximate surface area is 148 Å². The van der Waals surface area contributed by atoms with Gasteiger partial charge in [-0.3, -0.25) is 4.79 Å². The van der Waals surface area contributed by atoms with Gasteiger partial charge in [-0.1, -0.05) is 28.1 Å². The third-order valence-corrected chi connectivity index (χ3v) is 4.92. The van der Waals surface area contributed by atoms with Gasteiger partial charge in [0.1, 0.15) is 17.9 Å². The molecule has 0 saturated carbocycles. The van der Waals surface area contributed by atoms with E-state index in [0.29, 0.717) is 13.0 Å². The molecule has 124 valence electrons. The summed E-state index contributed by atoms with van der Waals surface area (Å²) in [6.07, 6.45) is 3.54. The average Bonchev–Trinajstić information content (AvgIpc) is 3.34. The maximum absolute atomic E-state index is 12.8. The van der Waals surface area contributed by atoms with Crippen molar-refractivity contribution in [2.75, 3.05) is 6.61 Å². The van der Waals surface area contributed by atoms with Gasteiger partial charge in [-0.15, -0.1) is 0 Å². The van der Waals surface area contributed by atoms with Crippen molar-refractivity contribution >= 4 is 27.5 Å². The molecule has 1 saturated heterocycles. The summed E-state index contributed by atoms with van der Waals surface area (Å²) in [5.74, 6) is 0.665. The molecule has 2 aliphatic rings. The van der Waals surface area contributed by atoms with Crippen molar-refractivity contribution < 1.29 is 13.9 Å². The third-order valence-electron chi connectivity index (χ3n) is 4.39. The Kier molecular flexibility index (Phi) is 4.24. The first-order chi connectivity index (χ1) is 11.7. The van der Waals surface area contributed by atoms with Crippen molar-refractivity contribution in [1.82, 2.24) is 5.01 Å². The fraction of sp³-hybridized carbons (Fsp3) is 0.333. The second-order valence-electron chi connectivity index (χ2n) is 5.97. The summed E-state index contributed by atoms with van der Waals surface area (Å²) in [6.45, 7) is 0.638. The van der Waals surface area contributed by atoms with Crippen LogP contribution < -0.4 is 0 Å². The number of hydrogen-bond donors (Lipinski definition) is 0. The minimum Gasteiger partial charge on any atom is -0.467 e. The van der Waals surface area contributed by atoms with E-state index in [0.717, 1.165) is 34.3 Å². The van der Waals surface area contributed by atoms with Gasteiger partial charge in [-0.25, -0.2) is 5.01 Å². The van der Waals surface area contributed by atoms with E-state index in [4.69, 9.17) is 9.15 Å². The number of halogens is 1. The molecule has 0 radical (unpaired) electrons. The predicted octanol–water partition coefficient (Wildman–Crippen LogP) is 3.90. The maximum atomic E-state index is 12.8. The Morgan fingerprint density at radius 3 is 2.75 bits per heavy atom. The highest BCUT2D eigenvalue weighted by Crippen LogP contribution is 2.34. The first-order valence-electron chi connectivity index (χ1n) is 8.04. The lowest BCUT2D eigenvalue weighted by atomic mass is 10.0. The summed E-state index contributed by atoms with van der Waals surface area (Å²) in [5.41, 5.74) is 1.90. The molecule has 0 spiro atoms. The number of furan rings is 1. The summed E-state index contributed by atoms with van der Waals surface area (Å²) in [6, 6.07) is 11.5. The molecule has 6 heteroatoms. The fourth-order valence-corrected chi connectivity index (χ4v) is 3.42. The predicted molar refractivity (Wildman–Crippen MR) is 92.6 cm³/mol. The number of benzene rings is 1. The van der Waals surface area contributed by atoms with Crippen LogP contribution in [0.5, 0.6) is 0 Å². The number of amides is 1. The minimum absolute atomic E-state index is 0.0824. The zero-order valence-electron chi connectivity index (χ0n) is 13.0. The molecule has 5 nitrogen and oxygen atoms in total. The number of carbonyl (C=O) groups is 1. The summed E-state index contributed by atoms with van der Waals surface area (Å²) in [5, 5.41) is 6.16. The number of hydrazone groups is 1. The van der Waals surface area contributed by atoms with Gasteiger partial charge >= 0.3 is 0 Å². The van der Waals surface area contributed by atoms with E-state index in [1.54, 1.807) is 11.3 Å². The largest absolute Gasteiger partial charge is 0.467 e. The summed E-state index contributed by atoms with van der Waals surface area (Å²) >= 11 is 3.44. The molecule has 1 fully saturated rings. The van der Waals surface area contributed by atoms with Gasteiger partial charge in [-0.2, -0.15) is 5.10 Å². The van der Waals surface area contributed by atoms with Gasteiger partial charge in [0.25, 0.3) is 5.91 Å². The molecule has 1 amide bonds. The van der Waals surface area contributed by atoms with E-state index in [1.165, 1.54) is 0 Å². The molecule has 24 heavy (non-hydrogen) atoms. The lowest BCUT2D eigenvalue weighted by Crippen LogP contribution is -2.35. The Morgan fingerprint density at radius 2 is 2.08 bits per heavy atom. The van der Waals surface area contributed by atoms with Crippen molar-refractivity contribution in [2.45, 2.75) is 31.4 Å². The van der Waals surface area contributed by atoms with E-state index >= 15 is 0 Å². The van der Waals surface area contributed by atoms with E-state index in [9.17, 15) is 4.79 Å². The van der Waals surface area contributed by atoms with Crippen molar-refractivity contribution in [2.24, 2.45) is 5.10 Å². The fourth-order valence-electron chi connectivity index (χ4n) is 3.15. The van der Waals surface area contributed by atoms with Crippen LogP contribution in [0.2, 0.25) is 0 Å². The number of rotatable bonds is 3. The minimum atomic E-state index is -0.393. The van der Waals surface area contributed by atoms with Crippen LogP contribution in [0.4, 0.5) is 0 Å². The molecule has 2 aromatic rings. The summed E-state index contributed by atoms with van der Waals surface area (Å²) in [7, 11) is 0. The average molecular weight is 389 g/mol. The van der Waals surface area contributed by atoms with Crippen molar-refractivity contribution in [3.8, 4) is 0 Å². The van der Waals surface area contributed by atoms with Crippen LogP contribution in [0.3, 0.4) is 0 Å². The summed E-state index contributed by atoms with van der Waals surface area (Å²) < 4.78 is 12.1. The first kappa shape index (κ1) is 15.6. The second kappa shape index (κ2) is 6.53. The van der Waals surface area contributed by atoms with Crippen LogP contribution >= 0.6 is 15.9 Å². The number of carbonyl (C=O) groups excluding carboxylic acids is 1. The molecule has 2 aliphatic heterocycles. The maximum Gasteiger partial charge on any atom is 0.272 e. The highest BCUT2D eigenvalue weighted by molar-refractivity contribution is 9.10. The highest BCUT2D eigenvalue weighted by Gasteiger charge is 2.39. The lowest BCUT2D eigenvalue weighted by Gasteiger charge is -2.22. The molecule has 0 bridgehead atoms. The molecule has 3 heterocycles. The molecule has 1 aromatic heterocycles. The van der Waals surface area contributed by atoms with E-state index in [1.807, 2.05) is 36.4 Å². The normalized spacial score (nSPS) is 23.5. The molecule has 1 aromatic carbocycles. The molecular formula is C18H17BrN2O3. The first-order valence-corrected chi connectivity index (χ1v) is 8.83. The Morgan fingerprint density at radius 1 is 1.25 bits per heavy atom. The van der Waals surface area contributed by atoms with E-state index < -0.39 is 6.10 Å². The van der Waals surface area contributed by atoms with Gasteiger partial charge < -0.3 is 9.15 Å². The Hall–Kier alpha value is -1.92. The lowest BCUT2D eigenvalue weighted by molar-refractivity contribution is -0.143. The standard InChI is InChI=1S/C18H17BrN2O3/c19-13-7-5-12(6-8-13)14-11-15(16-3-1-9-23-16)21(20-14)18(22)17-4-2-10-24-17/h1,3,5-9,15,17H,2,4,10-11H2/t15-,17+/m1/s1. The molecule has 0 aliphatic carbocycles. The third kappa shape index (κ3) is 2.91. The van der Waals surface area contributed by atoms with Gasteiger partial charge in [0.15, 0.2) is 0 Å². The van der Waals surface area contributed by atoms with Gasteiger partial charge in [0, 0.05) is 17.5 Å². The van der Waals surface area contributed by atoms with E-state index in [2.05, 4.69) is 21.0 Å². The van der Waals surface area contributed by atoms with Crippen molar-refractivity contribution in [3.63, 3.8) is 0 Å². The molecule has 4 rings (SSSR count). The van der Waals surface area contributed by atoms with Crippen LogP contribution in [0.15, 0.2) is 56.7 Å². The monoisotopic (exact) mass is 388 g/mol. The topological polar surface area (TPSA) is 55.0 Å². The van der Waals surface area contributed by atoms with Crippen LogP contribution in [0.1, 0.15) is 36.6 Å². The molecule has 0 N–H and O–H groups in total. The van der Waals surface area contributed by atoms with Crippen LogP contribution in [0.25, 0.3) is 0 Å². The van der Waals surface area contributed by atoms with Crippen LogP contribution in [0, 0.1) is 0 Å². The zero-order valence-corrected chi connectivity index (χ0v) is 14.6. The molecular weight excluding hydrogens is 372 g/mol. The van der Waals surface area contributed by atoms with Crippen LogP contribution in [-0.2, 0) is 9.53 Å².